The Hall–Kier alpha value is -2.82. The van der Waals surface area contributed by atoms with Crippen LogP contribution < -0.4 is 11.1 Å². The van der Waals surface area contributed by atoms with Crippen molar-refractivity contribution < 1.29 is 4.79 Å². The molecule has 5 nitrogen and oxygen atoms in total. The van der Waals surface area contributed by atoms with Crippen LogP contribution in [0.15, 0.2) is 48.5 Å². The van der Waals surface area contributed by atoms with Gasteiger partial charge >= 0.3 is 0 Å². The number of aldehydes is 1. The summed E-state index contributed by atoms with van der Waals surface area (Å²) >= 11 is 0. The second-order valence-corrected chi connectivity index (χ2v) is 5.25. The number of nitrogens with one attached hydrogen (secondary N) is 1. The number of nitrogen functional groups attached to an aromatic ring is 1. The molecule has 0 aliphatic heterocycles. The zero-order valence-corrected chi connectivity index (χ0v) is 23.5. The molecule has 0 unspecified atom stereocenters. The largest absolute Gasteiger partial charge is 0.397 e. The van der Waals surface area contributed by atoms with Crippen LogP contribution in [-0.4, -0.2) is 22.4 Å². The third-order valence-electron chi connectivity index (χ3n) is 3.49. The third kappa shape index (κ3) is 16.5. The highest BCUT2D eigenvalue weighted by Gasteiger charge is 2.02. The van der Waals surface area contributed by atoms with Gasteiger partial charge in [-0.05, 0) is 52.0 Å². The molecule has 0 fully saturated rings. The number of benzene rings is 2. The van der Waals surface area contributed by atoms with E-state index in [4.69, 9.17) is 10.5 Å². The fourth-order valence-electron chi connectivity index (χ4n) is 2.44. The number of nitrogens with zero attached hydrogens (tertiary/aromatic N) is 2. The molecule has 0 saturated heterocycles. The monoisotopic (exact) mass is 460 g/mol. The summed E-state index contributed by atoms with van der Waals surface area (Å²) < 4.78 is 2.22. The van der Waals surface area contributed by atoms with E-state index in [1.54, 1.807) is 0 Å². The van der Waals surface area contributed by atoms with Gasteiger partial charge < -0.3 is 20.4 Å². The molecule has 3 rings (SSSR count). The van der Waals surface area contributed by atoms with Crippen LogP contribution in [0, 0.1) is 6.92 Å². The Morgan fingerprint density at radius 1 is 0.879 bits per heavy atom. The minimum atomic E-state index is 0.750. The lowest BCUT2D eigenvalue weighted by molar-refractivity contribution is -0.106. The Balaban J connectivity index is -0.000000181. The summed E-state index contributed by atoms with van der Waals surface area (Å²) in [5.74, 6) is 1.10. The molecule has 0 atom stereocenters. The first kappa shape index (κ1) is 37.5. The van der Waals surface area contributed by atoms with Crippen LogP contribution in [0.1, 0.15) is 82.0 Å². The van der Waals surface area contributed by atoms with Crippen molar-refractivity contribution >= 4 is 28.7 Å². The van der Waals surface area contributed by atoms with E-state index in [0.717, 1.165) is 42.1 Å². The number of rotatable bonds is 3. The number of para-hydroxylation sites is 4. The van der Waals surface area contributed by atoms with E-state index >= 15 is 0 Å². The standard InChI is InChI=1S/C10H12N2.C8H12N2.C2H4O.4C2H6/c1-3-12-8(2)11-9-6-4-5-7-10(9)12;1-2-10-8-6-4-3-5-7(8)9;1-2-3;4*1-2/h4-7H,3H2,1-2H3;3-6,10H,2,9H2,1H3;2H,1H3;4*1-2H3. The fraction of sp³-hybridized carbons (Fsp3) is 0.500. The van der Waals surface area contributed by atoms with Gasteiger partial charge in [-0.3, -0.25) is 0 Å². The van der Waals surface area contributed by atoms with Crippen LogP contribution in [0.25, 0.3) is 11.0 Å². The van der Waals surface area contributed by atoms with Crippen molar-refractivity contribution in [3.05, 3.63) is 54.4 Å². The van der Waals surface area contributed by atoms with Crippen LogP contribution in [0.3, 0.4) is 0 Å². The first-order valence-electron chi connectivity index (χ1n) is 12.5. The minimum absolute atomic E-state index is 0.750. The van der Waals surface area contributed by atoms with Crippen molar-refractivity contribution in [3.63, 3.8) is 0 Å². The summed E-state index contributed by atoms with van der Waals surface area (Å²) in [6, 6.07) is 16.0. The third-order valence-corrected chi connectivity index (χ3v) is 3.49. The number of nitrogens with two attached hydrogens (primary N) is 1. The Morgan fingerprint density at radius 3 is 1.79 bits per heavy atom. The zero-order chi connectivity index (χ0) is 26.7. The smallest absolute Gasteiger partial charge is 0.116 e. The summed E-state index contributed by atoms with van der Waals surface area (Å²) in [7, 11) is 0. The van der Waals surface area contributed by atoms with Gasteiger partial charge in [0.15, 0.2) is 0 Å². The molecule has 3 aromatic rings. The van der Waals surface area contributed by atoms with Crippen molar-refractivity contribution in [1.82, 2.24) is 9.55 Å². The maximum Gasteiger partial charge on any atom is 0.116 e. The van der Waals surface area contributed by atoms with Crippen LogP contribution >= 0.6 is 0 Å². The molecule has 0 aliphatic rings. The quantitative estimate of drug-likeness (QED) is 0.304. The number of anilines is 2. The van der Waals surface area contributed by atoms with Crippen LogP contribution in [0.5, 0.6) is 0 Å². The average molecular weight is 461 g/mol. The number of carbonyl (C=O) groups is 1. The lowest BCUT2D eigenvalue weighted by atomic mass is 10.3. The van der Waals surface area contributed by atoms with E-state index in [-0.39, 0.29) is 0 Å². The molecule has 190 valence electrons. The highest BCUT2D eigenvalue weighted by molar-refractivity contribution is 5.75. The van der Waals surface area contributed by atoms with Crippen molar-refractivity contribution in [3.8, 4) is 0 Å². The lowest BCUT2D eigenvalue weighted by Gasteiger charge is -2.04. The van der Waals surface area contributed by atoms with Crippen molar-refractivity contribution in [1.29, 1.82) is 0 Å². The molecular formula is C28H52N4O. The fourth-order valence-corrected chi connectivity index (χ4v) is 2.44. The minimum Gasteiger partial charge on any atom is -0.397 e. The molecule has 1 aromatic heterocycles. The second kappa shape index (κ2) is 29.2. The molecule has 0 bridgehead atoms. The SMILES string of the molecule is CC.CC.CC.CC.CC=O.CCNc1ccccc1N.CCn1c(C)nc2ccccc21. The molecule has 33 heavy (non-hydrogen) atoms. The number of imidazole rings is 1. The highest BCUT2D eigenvalue weighted by Crippen LogP contribution is 2.16. The number of fused-ring (bicyclic) bond motifs is 1. The predicted molar refractivity (Wildman–Crippen MR) is 152 cm³/mol. The van der Waals surface area contributed by atoms with Crippen LogP contribution in [0.2, 0.25) is 0 Å². The molecule has 5 heteroatoms. The van der Waals surface area contributed by atoms with Crippen molar-refractivity contribution in [2.75, 3.05) is 17.6 Å². The van der Waals surface area contributed by atoms with Gasteiger partial charge in [0, 0.05) is 13.1 Å². The first-order chi connectivity index (χ1) is 16.1. The number of aryl methyl sites for hydroxylation is 2. The number of carbonyl (C=O) groups excluding carboxylic acids is 1. The van der Waals surface area contributed by atoms with E-state index in [2.05, 4.69) is 40.0 Å². The first-order valence-corrected chi connectivity index (χ1v) is 12.5. The summed E-state index contributed by atoms with van der Waals surface area (Å²) in [6.07, 6.45) is 0.750. The highest BCUT2D eigenvalue weighted by atomic mass is 16.1. The lowest BCUT2D eigenvalue weighted by Crippen LogP contribution is -1.99. The molecule has 2 aromatic carbocycles. The van der Waals surface area contributed by atoms with Crippen molar-refractivity contribution in [2.45, 2.75) is 89.6 Å². The number of aromatic nitrogens is 2. The van der Waals surface area contributed by atoms with Crippen molar-refractivity contribution in [2.24, 2.45) is 0 Å². The Kier molecular flexibility index (Phi) is 33.2. The summed E-state index contributed by atoms with van der Waals surface area (Å²) in [5, 5.41) is 3.15. The van der Waals surface area contributed by atoms with Gasteiger partial charge in [-0.25, -0.2) is 4.98 Å². The maximum atomic E-state index is 8.81. The molecule has 0 amide bonds. The summed E-state index contributed by atoms with van der Waals surface area (Å²) in [5.41, 5.74) is 9.80. The predicted octanol–water partition coefficient (Wildman–Crippen LogP) is 8.38. The van der Waals surface area contributed by atoms with Gasteiger partial charge in [-0.2, -0.15) is 0 Å². The molecule has 3 N–H and O–H groups in total. The Morgan fingerprint density at radius 2 is 1.33 bits per heavy atom. The van der Waals surface area contributed by atoms with E-state index in [9.17, 15) is 0 Å². The van der Waals surface area contributed by atoms with Crippen LogP contribution in [0.4, 0.5) is 11.4 Å². The van der Waals surface area contributed by atoms with Gasteiger partial charge in [-0.15, -0.1) is 0 Å². The van der Waals surface area contributed by atoms with Gasteiger partial charge in [0.25, 0.3) is 0 Å². The molecule has 0 radical (unpaired) electrons. The Bertz CT molecular complexity index is 782. The Labute approximate surface area is 204 Å². The normalized spacial score (nSPS) is 7.88. The maximum absolute atomic E-state index is 8.81. The van der Waals surface area contributed by atoms with Gasteiger partial charge in [0.05, 0.1) is 22.4 Å². The molecule has 0 aliphatic carbocycles. The molecule has 0 spiro atoms. The zero-order valence-electron chi connectivity index (χ0n) is 23.5. The summed E-state index contributed by atoms with van der Waals surface area (Å²) in [4.78, 5) is 13.3. The van der Waals surface area contributed by atoms with Crippen LogP contribution in [-0.2, 0) is 11.3 Å². The summed E-state index contributed by atoms with van der Waals surface area (Å²) in [6.45, 7) is 25.6. The van der Waals surface area contributed by atoms with Gasteiger partial charge in [-0.1, -0.05) is 79.7 Å². The molecular weight excluding hydrogens is 408 g/mol. The van der Waals surface area contributed by atoms with Gasteiger partial charge in [0.2, 0.25) is 0 Å². The van der Waals surface area contributed by atoms with E-state index in [1.165, 1.54) is 12.4 Å². The van der Waals surface area contributed by atoms with E-state index in [1.807, 2.05) is 99.6 Å². The van der Waals surface area contributed by atoms with Gasteiger partial charge in [0.1, 0.15) is 12.1 Å². The molecule has 0 saturated carbocycles. The van der Waals surface area contributed by atoms with E-state index in [0.29, 0.717) is 0 Å². The molecule has 1 heterocycles. The topological polar surface area (TPSA) is 72.9 Å². The number of hydrogen-bond acceptors (Lipinski definition) is 4. The van der Waals surface area contributed by atoms with E-state index < -0.39 is 0 Å². The average Bonchev–Trinajstić information content (AvgIpc) is 3.21. The second-order valence-electron chi connectivity index (χ2n) is 5.25. The number of hydrogen-bond donors (Lipinski definition) is 2.